The van der Waals surface area contributed by atoms with Gasteiger partial charge in [-0.3, -0.25) is 4.98 Å². The molecule has 0 radical (unpaired) electrons. The Morgan fingerprint density at radius 1 is 1.14 bits per heavy atom. The summed E-state index contributed by atoms with van der Waals surface area (Å²) in [5.74, 6) is 0. The molecule has 3 heteroatoms. The molecule has 1 aliphatic carbocycles. The molecule has 0 spiro atoms. The number of aromatic nitrogens is 1. The van der Waals surface area contributed by atoms with Crippen LogP contribution in [0, 0.1) is 6.92 Å². The second-order valence-corrected chi connectivity index (χ2v) is 6.20. The van der Waals surface area contributed by atoms with Gasteiger partial charge in [0, 0.05) is 35.9 Å². The molecule has 0 amide bonds. The third kappa shape index (κ3) is 2.88. The van der Waals surface area contributed by atoms with Gasteiger partial charge in [-0.05, 0) is 51.8 Å². The van der Waals surface area contributed by atoms with Gasteiger partial charge in [0.2, 0.25) is 0 Å². The Hall–Kier alpha value is -1.61. The van der Waals surface area contributed by atoms with Gasteiger partial charge in [-0.25, -0.2) is 0 Å². The minimum absolute atomic E-state index is 0.639. The van der Waals surface area contributed by atoms with Crippen molar-refractivity contribution in [3.05, 3.63) is 36.0 Å². The molecule has 1 N–H and O–H groups in total. The molecule has 1 saturated carbocycles. The molecule has 1 aromatic carbocycles. The SMILES string of the molecule is CNC1CCC(N(C)c2cc(C)nc3ccccc23)CC1. The Morgan fingerprint density at radius 3 is 2.57 bits per heavy atom. The zero-order valence-corrected chi connectivity index (χ0v) is 13.3. The Kier molecular flexibility index (Phi) is 4.11. The van der Waals surface area contributed by atoms with E-state index >= 15 is 0 Å². The van der Waals surface area contributed by atoms with Crippen molar-refractivity contribution in [3.63, 3.8) is 0 Å². The third-order valence-electron chi connectivity index (χ3n) is 4.86. The van der Waals surface area contributed by atoms with Crippen LogP contribution < -0.4 is 10.2 Å². The van der Waals surface area contributed by atoms with E-state index in [4.69, 9.17) is 0 Å². The Morgan fingerprint density at radius 2 is 1.86 bits per heavy atom. The number of hydrogen-bond acceptors (Lipinski definition) is 3. The maximum Gasteiger partial charge on any atom is 0.0726 e. The van der Waals surface area contributed by atoms with Gasteiger partial charge >= 0.3 is 0 Å². The van der Waals surface area contributed by atoms with Gasteiger partial charge in [-0.2, -0.15) is 0 Å². The van der Waals surface area contributed by atoms with Crippen LogP contribution in [0.3, 0.4) is 0 Å². The standard InChI is InChI=1S/C18H25N3/c1-13-12-18(16-6-4-5-7-17(16)20-13)21(3)15-10-8-14(19-2)9-11-15/h4-7,12,14-15,19H,8-11H2,1-3H3. The summed E-state index contributed by atoms with van der Waals surface area (Å²) < 4.78 is 0. The molecule has 1 aromatic heterocycles. The molecule has 0 atom stereocenters. The number of anilines is 1. The van der Waals surface area contributed by atoms with Crippen molar-refractivity contribution in [2.45, 2.75) is 44.7 Å². The lowest BCUT2D eigenvalue weighted by atomic mass is 9.90. The summed E-state index contributed by atoms with van der Waals surface area (Å²) in [6, 6.07) is 12.0. The van der Waals surface area contributed by atoms with Crippen LogP contribution in [-0.2, 0) is 0 Å². The number of pyridine rings is 1. The minimum atomic E-state index is 0.639. The molecule has 3 rings (SSSR count). The number of aryl methyl sites for hydroxylation is 1. The maximum absolute atomic E-state index is 4.65. The second kappa shape index (κ2) is 6.02. The highest BCUT2D eigenvalue weighted by Gasteiger charge is 2.24. The van der Waals surface area contributed by atoms with Crippen molar-refractivity contribution >= 4 is 16.6 Å². The predicted octanol–water partition coefficient (Wildman–Crippen LogP) is 3.51. The average molecular weight is 283 g/mol. The lowest BCUT2D eigenvalue weighted by molar-refractivity contribution is 0.351. The van der Waals surface area contributed by atoms with E-state index in [0.717, 1.165) is 11.2 Å². The molecule has 0 aliphatic heterocycles. The summed E-state index contributed by atoms with van der Waals surface area (Å²) in [5.41, 5.74) is 3.52. The molecule has 3 nitrogen and oxygen atoms in total. The van der Waals surface area contributed by atoms with E-state index in [0.29, 0.717) is 12.1 Å². The first-order chi connectivity index (χ1) is 10.2. The predicted molar refractivity (Wildman–Crippen MR) is 90.0 cm³/mol. The largest absolute Gasteiger partial charge is 0.371 e. The molecule has 0 bridgehead atoms. The molecule has 1 aliphatic rings. The molecule has 21 heavy (non-hydrogen) atoms. The zero-order chi connectivity index (χ0) is 14.8. The lowest BCUT2D eigenvalue weighted by Gasteiger charge is -2.36. The van der Waals surface area contributed by atoms with E-state index in [-0.39, 0.29) is 0 Å². The summed E-state index contributed by atoms with van der Waals surface area (Å²) in [5, 5.41) is 4.68. The molecular weight excluding hydrogens is 258 g/mol. The average Bonchev–Trinajstić information content (AvgIpc) is 2.53. The fraction of sp³-hybridized carbons (Fsp3) is 0.500. The number of fused-ring (bicyclic) bond motifs is 1. The van der Waals surface area contributed by atoms with Crippen LogP contribution in [0.1, 0.15) is 31.4 Å². The molecule has 112 valence electrons. The Labute approximate surface area is 127 Å². The highest BCUT2D eigenvalue weighted by Crippen LogP contribution is 2.31. The lowest BCUT2D eigenvalue weighted by Crippen LogP contribution is -2.40. The minimum Gasteiger partial charge on any atom is -0.371 e. The number of benzene rings is 1. The summed E-state index contributed by atoms with van der Waals surface area (Å²) in [6.07, 6.45) is 5.07. The topological polar surface area (TPSA) is 28.2 Å². The van der Waals surface area contributed by atoms with Gasteiger partial charge in [-0.15, -0.1) is 0 Å². The third-order valence-corrected chi connectivity index (χ3v) is 4.86. The first-order valence-corrected chi connectivity index (χ1v) is 7.95. The van der Waals surface area contributed by atoms with Crippen LogP contribution in [0.25, 0.3) is 10.9 Å². The van der Waals surface area contributed by atoms with Crippen molar-refractivity contribution in [1.29, 1.82) is 0 Å². The van der Waals surface area contributed by atoms with Crippen molar-refractivity contribution in [1.82, 2.24) is 10.3 Å². The van der Waals surface area contributed by atoms with Crippen LogP contribution in [0.4, 0.5) is 5.69 Å². The molecule has 1 fully saturated rings. The number of rotatable bonds is 3. The van der Waals surface area contributed by atoms with Crippen molar-refractivity contribution in [2.24, 2.45) is 0 Å². The van der Waals surface area contributed by atoms with Crippen molar-refractivity contribution < 1.29 is 0 Å². The molecule has 0 saturated heterocycles. The van der Waals surface area contributed by atoms with E-state index in [9.17, 15) is 0 Å². The highest BCUT2D eigenvalue weighted by atomic mass is 15.1. The van der Waals surface area contributed by atoms with Crippen LogP contribution in [0.2, 0.25) is 0 Å². The summed E-state index contributed by atoms with van der Waals surface area (Å²) >= 11 is 0. The fourth-order valence-corrected chi connectivity index (χ4v) is 3.53. The Balaban J connectivity index is 1.89. The number of nitrogens with zero attached hydrogens (tertiary/aromatic N) is 2. The number of para-hydroxylation sites is 1. The van der Waals surface area contributed by atoms with Crippen LogP contribution in [-0.4, -0.2) is 31.2 Å². The summed E-state index contributed by atoms with van der Waals surface area (Å²) in [7, 11) is 4.32. The van der Waals surface area contributed by atoms with E-state index in [2.05, 4.69) is 66.6 Å². The highest BCUT2D eigenvalue weighted by molar-refractivity contribution is 5.92. The number of hydrogen-bond donors (Lipinski definition) is 1. The smallest absolute Gasteiger partial charge is 0.0726 e. The fourth-order valence-electron chi connectivity index (χ4n) is 3.53. The van der Waals surface area contributed by atoms with Gasteiger partial charge < -0.3 is 10.2 Å². The van der Waals surface area contributed by atoms with Crippen molar-refractivity contribution in [2.75, 3.05) is 19.0 Å². The van der Waals surface area contributed by atoms with E-state index in [1.807, 2.05) is 0 Å². The number of nitrogens with one attached hydrogen (secondary N) is 1. The molecular formula is C18H25N3. The van der Waals surface area contributed by atoms with Crippen LogP contribution in [0.5, 0.6) is 0 Å². The van der Waals surface area contributed by atoms with Gasteiger partial charge in [0.1, 0.15) is 0 Å². The summed E-state index contributed by atoms with van der Waals surface area (Å²) in [4.78, 5) is 7.13. The van der Waals surface area contributed by atoms with E-state index < -0.39 is 0 Å². The first kappa shape index (κ1) is 14.3. The summed E-state index contributed by atoms with van der Waals surface area (Å²) in [6.45, 7) is 2.09. The van der Waals surface area contributed by atoms with Gasteiger partial charge in [-0.1, -0.05) is 18.2 Å². The van der Waals surface area contributed by atoms with Crippen LogP contribution >= 0.6 is 0 Å². The first-order valence-electron chi connectivity index (χ1n) is 7.95. The maximum atomic E-state index is 4.65. The van der Waals surface area contributed by atoms with Gasteiger partial charge in [0.25, 0.3) is 0 Å². The molecule has 2 aromatic rings. The van der Waals surface area contributed by atoms with Gasteiger partial charge in [0.05, 0.1) is 5.52 Å². The molecule has 1 heterocycles. The van der Waals surface area contributed by atoms with E-state index in [1.54, 1.807) is 0 Å². The Bertz CT molecular complexity index is 615. The second-order valence-electron chi connectivity index (χ2n) is 6.20. The van der Waals surface area contributed by atoms with E-state index in [1.165, 1.54) is 36.8 Å². The normalized spacial score (nSPS) is 22.4. The van der Waals surface area contributed by atoms with Gasteiger partial charge in [0.15, 0.2) is 0 Å². The quantitative estimate of drug-likeness (QED) is 0.934. The molecule has 0 unspecified atom stereocenters. The monoisotopic (exact) mass is 283 g/mol. The van der Waals surface area contributed by atoms with Crippen molar-refractivity contribution in [3.8, 4) is 0 Å². The zero-order valence-electron chi connectivity index (χ0n) is 13.3. The van der Waals surface area contributed by atoms with Crippen LogP contribution in [0.15, 0.2) is 30.3 Å².